The number of anilines is 1. The number of hydrogen-bond donors (Lipinski definition) is 2. The SMILES string of the molecule is CC(C)OC(=O)C(C)CNc1ncc(C(N)=O)cc1Cl. The van der Waals surface area contributed by atoms with Crippen LogP contribution < -0.4 is 11.1 Å². The highest BCUT2D eigenvalue weighted by Crippen LogP contribution is 2.20. The van der Waals surface area contributed by atoms with Gasteiger partial charge in [-0.3, -0.25) is 9.59 Å². The van der Waals surface area contributed by atoms with Crippen molar-refractivity contribution in [1.82, 2.24) is 4.98 Å². The van der Waals surface area contributed by atoms with Gasteiger partial charge in [0.1, 0.15) is 5.82 Å². The van der Waals surface area contributed by atoms with Crippen molar-refractivity contribution in [2.45, 2.75) is 26.9 Å². The van der Waals surface area contributed by atoms with E-state index in [9.17, 15) is 9.59 Å². The first-order chi connectivity index (χ1) is 9.31. The van der Waals surface area contributed by atoms with Crippen LogP contribution in [-0.2, 0) is 9.53 Å². The molecule has 0 radical (unpaired) electrons. The number of carbonyl (C=O) groups excluding carboxylic acids is 2. The lowest BCUT2D eigenvalue weighted by atomic mass is 10.2. The summed E-state index contributed by atoms with van der Waals surface area (Å²) in [5.74, 6) is -0.843. The predicted octanol–water partition coefficient (Wildman–Crippen LogP) is 1.83. The molecule has 110 valence electrons. The molecule has 0 saturated heterocycles. The summed E-state index contributed by atoms with van der Waals surface area (Å²) in [6, 6.07) is 1.43. The van der Waals surface area contributed by atoms with E-state index in [4.69, 9.17) is 22.1 Å². The lowest BCUT2D eigenvalue weighted by Crippen LogP contribution is -2.25. The van der Waals surface area contributed by atoms with E-state index in [1.807, 2.05) is 0 Å². The fourth-order valence-corrected chi connectivity index (χ4v) is 1.62. The zero-order chi connectivity index (χ0) is 15.3. The molecule has 0 saturated carbocycles. The Kier molecular flexibility index (Phi) is 5.76. The minimum atomic E-state index is -0.597. The maximum atomic E-state index is 11.6. The summed E-state index contributed by atoms with van der Waals surface area (Å²) in [7, 11) is 0. The predicted molar refractivity (Wildman–Crippen MR) is 76.6 cm³/mol. The van der Waals surface area contributed by atoms with Crippen LogP contribution in [0.4, 0.5) is 5.82 Å². The number of nitrogens with zero attached hydrogens (tertiary/aromatic N) is 1. The van der Waals surface area contributed by atoms with Crippen LogP contribution in [0, 0.1) is 5.92 Å². The normalized spacial score (nSPS) is 12.1. The van der Waals surface area contributed by atoms with Gasteiger partial charge in [0.25, 0.3) is 0 Å². The van der Waals surface area contributed by atoms with Gasteiger partial charge in [-0.25, -0.2) is 4.98 Å². The van der Waals surface area contributed by atoms with E-state index in [0.29, 0.717) is 12.4 Å². The standard InChI is InChI=1S/C13H18ClN3O3/c1-7(2)20-13(19)8(3)5-16-12-10(14)4-9(6-17-12)11(15)18/h4,6-8H,5H2,1-3H3,(H2,15,18)(H,16,17). The quantitative estimate of drug-likeness (QED) is 0.782. The molecule has 0 aromatic carbocycles. The Morgan fingerprint density at radius 2 is 2.10 bits per heavy atom. The summed E-state index contributed by atoms with van der Waals surface area (Å²) in [6.45, 7) is 5.65. The van der Waals surface area contributed by atoms with Gasteiger partial charge in [-0.15, -0.1) is 0 Å². The summed E-state index contributed by atoms with van der Waals surface area (Å²) in [6.07, 6.45) is 1.18. The Bertz CT molecular complexity index is 506. The van der Waals surface area contributed by atoms with Gasteiger partial charge in [-0.1, -0.05) is 18.5 Å². The Labute approximate surface area is 122 Å². The van der Waals surface area contributed by atoms with Crippen molar-refractivity contribution in [3.63, 3.8) is 0 Å². The minimum Gasteiger partial charge on any atom is -0.463 e. The molecule has 0 bridgehead atoms. The van der Waals surface area contributed by atoms with Crippen molar-refractivity contribution in [2.75, 3.05) is 11.9 Å². The second kappa shape index (κ2) is 7.09. The van der Waals surface area contributed by atoms with E-state index in [0.717, 1.165) is 0 Å². The number of primary amides is 1. The van der Waals surface area contributed by atoms with Crippen LogP contribution in [0.1, 0.15) is 31.1 Å². The fourth-order valence-electron chi connectivity index (χ4n) is 1.38. The van der Waals surface area contributed by atoms with Crippen LogP contribution in [0.25, 0.3) is 0 Å². The van der Waals surface area contributed by atoms with Gasteiger partial charge >= 0.3 is 5.97 Å². The number of nitrogens with one attached hydrogen (secondary N) is 1. The lowest BCUT2D eigenvalue weighted by molar-refractivity contribution is -0.151. The number of carbonyl (C=O) groups is 2. The summed E-state index contributed by atoms with van der Waals surface area (Å²) in [5.41, 5.74) is 5.35. The molecule has 0 aliphatic carbocycles. The van der Waals surface area contributed by atoms with Gasteiger partial charge in [-0.2, -0.15) is 0 Å². The Hall–Kier alpha value is -1.82. The molecule has 0 spiro atoms. The van der Waals surface area contributed by atoms with Crippen molar-refractivity contribution in [3.8, 4) is 0 Å². The van der Waals surface area contributed by atoms with Crippen molar-refractivity contribution in [1.29, 1.82) is 0 Å². The van der Waals surface area contributed by atoms with Crippen LogP contribution in [0.3, 0.4) is 0 Å². The fraction of sp³-hybridized carbons (Fsp3) is 0.462. The largest absolute Gasteiger partial charge is 0.463 e. The molecule has 1 heterocycles. The third-order valence-electron chi connectivity index (χ3n) is 2.46. The first-order valence-corrected chi connectivity index (χ1v) is 6.58. The van der Waals surface area contributed by atoms with Gasteiger partial charge in [0, 0.05) is 12.7 Å². The number of amides is 1. The Morgan fingerprint density at radius 3 is 2.60 bits per heavy atom. The highest BCUT2D eigenvalue weighted by Gasteiger charge is 2.16. The number of rotatable bonds is 6. The highest BCUT2D eigenvalue weighted by molar-refractivity contribution is 6.33. The monoisotopic (exact) mass is 299 g/mol. The number of esters is 1. The number of halogens is 1. The molecular weight excluding hydrogens is 282 g/mol. The average molecular weight is 300 g/mol. The summed E-state index contributed by atoms with van der Waals surface area (Å²) in [4.78, 5) is 26.6. The van der Waals surface area contributed by atoms with Crippen molar-refractivity contribution >= 4 is 29.3 Å². The van der Waals surface area contributed by atoms with Gasteiger partial charge in [0.05, 0.1) is 22.6 Å². The molecule has 1 amide bonds. The third kappa shape index (κ3) is 4.70. The third-order valence-corrected chi connectivity index (χ3v) is 2.74. The maximum absolute atomic E-state index is 11.6. The maximum Gasteiger partial charge on any atom is 0.310 e. The molecule has 1 aromatic heterocycles. The van der Waals surface area contributed by atoms with E-state index in [-0.39, 0.29) is 28.6 Å². The Balaban J connectivity index is 2.62. The molecule has 20 heavy (non-hydrogen) atoms. The number of pyridine rings is 1. The number of ether oxygens (including phenoxy) is 1. The molecule has 7 heteroatoms. The number of hydrogen-bond acceptors (Lipinski definition) is 5. The topological polar surface area (TPSA) is 94.3 Å². The molecule has 1 unspecified atom stereocenters. The van der Waals surface area contributed by atoms with Crippen LogP contribution >= 0.6 is 11.6 Å². The van der Waals surface area contributed by atoms with Gasteiger partial charge in [0.2, 0.25) is 5.91 Å². The molecule has 1 atom stereocenters. The van der Waals surface area contributed by atoms with E-state index in [2.05, 4.69) is 10.3 Å². The molecule has 3 N–H and O–H groups in total. The molecule has 0 fully saturated rings. The lowest BCUT2D eigenvalue weighted by Gasteiger charge is -2.15. The molecule has 0 aliphatic heterocycles. The molecular formula is C13H18ClN3O3. The van der Waals surface area contributed by atoms with Crippen LogP contribution in [0.5, 0.6) is 0 Å². The summed E-state index contributed by atoms with van der Waals surface area (Å²) >= 11 is 5.97. The van der Waals surface area contributed by atoms with Crippen LogP contribution in [0.2, 0.25) is 5.02 Å². The highest BCUT2D eigenvalue weighted by atomic mass is 35.5. The second-order valence-electron chi connectivity index (χ2n) is 4.69. The van der Waals surface area contributed by atoms with E-state index < -0.39 is 5.91 Å². The first kappa shape index (κ1) is 16.2. The van der Waals surface area contributed by atoms with Crippen molar-refractivity contribution in [3.05, 3.63) is 22.8 Å². The van der Waals surface area contributed by atoms with Crippen molar-refractivity contribution in [2.24, 2.45) is 11.7 Å². The number of nitrogens with two attached hydrogens (primary N) is 1. The van der Waals surface area contributed by atoms with E-state index >= 15 is 0 Å². The Morgan fingerprint density at radius 1 is 1.45 bits per heavy atom. The second-order valence-corrected chi connectivity index (χ2v) is 5.09. The van der Waals surface area contributed by atoms with Gasteiger partial charge in [-0.05, 0) is 19.9 Å². The van der Waals surface area contributed by atoms with E-state index in [1.165, 1.54) is 12.3 Å². The summed E-state index contributed by atoms with van der Waals surface area (Å²) < 4.78 is 5.09. The number of aromatic nitrogens is 1. The smallest absolute Gasteiger partial charge is 0.310 e. The van der Waals surface area contributed by atoms with Crippen LogP contribution in [0.15, 0.2) is 12.3 Å². The summed E-state index contributed by atoms with van der Waals surface area (Å²) in [5, 5.41) is 3.21. The average Bonchev–Trinajstić information content (AvgIpc) is 2.35. The van der Waals surface area contributed by atoms with Gasteiger partial charge in [0.15, 0.2) is 0 Å². The van der Waals surface area contributed by atoms with Crippen LogP contribution in [-0.4, -0.2) is 29.5 Å². The minimum absolute atomic E-state index is 0.151. The molecule has 6 nitrogen and oxygen atoms in total. The zero-order valence-corrected chi connectivity index (χ0v) is 12.4. The van der Waals surface area contributed by atoms with E-state index in [1.54, 1.807) is 20.8 Å². The van der Waals surface area contributed by atoms with Gasteiger partial charge < -0.3 is 15.8 Å². The molecule has 0 aliphatic rings. The first-order valence-electron chi connectivity index (χ1n) is 6.21. The zero-order valence-electron chi connectivity index (χ0n) is 11.6. The molecule has 1 aromatic rings. The molecule has 1 rings (SSSR count). The van der Waals surface area contributed by atoms with Crippen molar-refractivity contribution < 1.29 is 14.3 Å².